The van der Waals surface area contributed by atoms with E-state index in [-0.39, 0.29) is 4.32 Å². The van der Waals surface area contributed by atoms with Crippen molar-refractivity contribution in [3.63, 3.8) is 0 Å². The molecule has 0 aromatic rings. The van der Waals surface area contributed by atoms with Gasteiger partial charge >= 0.3 is 0 Å². The summed E-state index contributed by atoms with van der Waals surface area (Å²) in [6, 6.07) is 0. The summed E-state index contributed by atoms with van der Waals surface area (Å²) in [6.45, 7) is 6.51. The lowest BCUT2D eigenvalue weighted by atomic mass is 10.0. The van der Waals surface area contributed by atoms with Crippen LogP contribution in [0.5, 0.6) is 0 Å². The minimum Gasteiger partial charge on any atom is -0.0841 e. The first-order chi connectivity index (χ1) is 4.04. The first-order valence-electron chi connectivity index (χ1n) is 3.25. The highest BCUT2D eigenvalue weighted by Gasteiger charge is 2.26. The van der Waals surface area contributed by atoms with Crippen molar-refractivity contribution in [2.75, 3.05) is 0 Å². The van der Waals surface area contributed by atoms with Gasteiger partial charge in [0.15, 0.2) is 0 Å². The number of hydrogen-bond acceptors (Lipinski definition) is 0. The molecule has 0 heterocycles. The van der Waals surface area contributed by atoms with Crippen molar-refractivity contribution in [3.8, 4) is 0 Å². The topological polar surface area (TPSA) is 0 Å². The van der Waals surface area contributed by atoms with Crippen molar-refractivity contribution in [1.29, 1.82) is 0 Å². The third-order valence-electron chi connectivity index (χ3n) is 1.54. The molecule has 0 aromatic heterocycles. The van der Waals surface area contributed by atoms with Gasteiger partial charge in [0.25, 0.3) is 0 Å². The molecule has 1 unspecified atom stereocenters. The Morgan fingerprint density at radius 1 is 1.44 bits per heavy atom. The van der Waals surface area contributed by atoms with E-state index >= 15 is 0 Å². The highest BCUT2D eigenvalue weighted by molar-refractivity contribution is 9.13. The third-order valence-corrected chi connectivity index (χ3v) is 4.55. The summed E-state index contributed by atoms with van der Waals surface area (Å²) in [6.07, 6.45) is 2.22. The van der Waals surface area contributed by atoms with Crippen molar-refractivity contribution in [2.24, 2.45) is 0 Å². The van der Waals surface area contributed by atoms with Gasteiger partial charge in [-0.3, -0.25) is 0 Å². The molecule has 0 bridgehead atoms. The first-order valence-corrected chi connectivity index (χ1v) is 4.84. The lowest BCUT2D eigenvalue weighted by Crippen LogP contribution is -2.19. The molecule has 0 aromatic carbocycles. The van der Waals surface area contributed by atoms with E-state index in [1.165, 1.54) is 4.83 Å². The van der Waals surface area contributed by atoms with Crippen LogP contribution in [0.2, 0.25) is 0 Å². The summed E-state index contributed by atoms with van der Waals surface area (Å²) in [5.41, 5.74) is 0. The maximum Gasteiger partial charge on any atom is 0.0571 e. The van der Waals surface area contributed by atoms with E-state index in [9.17, 15) is 0 Å². The predicted molar refractivity (Wildman–Crippen MR) is 50.1 cm³/mol. The number of alkyl halides is 1. The summed E-state index contributed by atoms with van der Waals surface area (Å²) in [5, 5.41) is 0. The molecule has 1 radical (unpaired) electrons. The van der Waals surface area contributed by atoms with Gasteiger partial charge in [-0.15, -0.1) is 0 Å². The molecule has 0 saturated carbocycles. The fourth-order valence-corrected chi connectivity index (χ4v) is 1.12. The zero-order chi connectivity index (χ0) is 7.49. The molecule has 9 heavy (non-hydrogen) atoms. The van der Waals surface area contributed by atoms with Gasteiger partial charge in [-0.1, -0.05) is 45.7 Å². The Morgan fingerprint density at radius 2 is 1.89 bits per heavy atom. The van der Waals surface area contributed by atoms with Crippen LogP contribution in [0.25, 0.3) is 0 Å². The molecule has 0 N–H and O–H groups in total. The van der Waals surface area contributed by atoms with Crippen molar-refractivity contribution < 1.29 is 0 Å². The monoisotopic (exact) mass is 255 g/mol. The predicted octanol–water partition coefficient (Wildman–Crippen LogP) is 3.89. The third kappa shape index (κ3) is 3.03. The molecule has 1 atom stereocenters. The molecule has 0 aliphatic rings. The van der Waals surface area contributed by atoms with E-state index in [1.54, 1.807) is 0 Å². The van der Waals surface area contributed by atoms with E-state index in [1.807, 2.05) is 0 Å². The van der Waals surface area contributed by atoms with Gasteiger partial charge in [-0.2, -0.15) is 0 Å². The molecule has 0 fully saturated rings. The molecule has 0 saturated heterocycles. The van der Waals surface area contributed by atoms with Gasteiger partial charge in [0.05, 0.1) is 4.83 Å². The van der Waals surface area contributed by atoms with Gasteiger partial charge in [-0.25, -0.2) is 0 Å². The van der Waals surface area contributed by atoms with E-state index in [0.29, 0.717) is 0 Å². The van der Waals surface area contributed by atoms with Gasteiger partial charge in [0, 0.05) is 4.32 Å². The van der Waals surface area contributed by atoms with E-state index in [2.05, 4.69) is 52.6 Å². The average Bonchev–Trinajstić information content (AvgIpc) is 1.86. The smallest absolute Gasteiger partial charge is 0.0571 e. The molecule has 0 rings (SSSR count). The fourth-order valence-electron chi connectivity index (χ4n) is 0.560. The minimum absolute atomic E-state index is 0.196. The van der Waals surface area contributed by atoms with Crippen LogP contribution in [0.3, 0.4) is 0 Å². The lowest BCUT2D eigenvalue weighted by molar-refractivity contribution is 0.679. The van der Waals surface area contributed by atoms with Crippen LogP contribution >= 0.6 is 31.9 Å². The van der Waals surface area contributed by atoms with E-state index in [4.69, 9.17) is 0 Å². The van der Waals surface area contributed by atoms with Gasteiger partial charge in [0.2, 0.25) is 0 Å². The SMILES string of the molecule is CC[C](Br)C(C)(Br)CC. The second-order valence-corrected chi connectivity index (χ2v) is 5.02. The van der Waals surface area contributed by atoms with E-state index < -0.39 is 0 Å². The standard InChI is InChI=1S/C7H13Br2/c1-4-6(8)7(3,9)5-2/h4-5H2,1-3H3. The quantitative estimate of drug-likeness (QED) is 0.673. The normalized spacial score (nSPS) is 18.0. The largest absolute Gasteiger partial charge is 0.0841 e. The number of hydrogen-bond donors (Lipinski definition) is 0. The molecule has 0 amide bonds. The molecular formula is C7H13Br2. The van der Waals surface area contributed by atoms with Crippen LogP contribution in [0.1, 0.15) is 33.6 Å². The second-order valence-electron chi connectivity index (χ2n) is 2.31. The van der Waals surface area contributed by atoms with Crippen molar-refractivity contribution >= 4 is 31.9 Å². The Bertz CT molecular complexity index is 79.0. The van der Waals surface area contributed by atoms with Crippen LogP contribution < -0.4 is 0 Å². The van der Waals surface area contributed by atoms with Crippen molar-refractivity contribution in [2.45, 2.75) is 37.9 Å². The van der Waals surface area contributed by atoms with Crippen LogP contribution in [-0.4, -0.2) is 4.32 Å². The Hall–Kier alpha value is 0.960. The maximum atomic E-state index is 3.62. The van der Waals surface area contributed by atoms with Crippen molar-refractivity contribution in [3.05, 3.63) is 4.83 Å². The van der Waals surface area contributed by atoms with E-state index in [0.717, 1.165) is 12.8 Å². The van der Waals surface area contributed by atoms with Gasteiger partial charge < -0.3 is 0 Å². The molecule has 0 nitrogen and oxygen atoms in total. The Morgan fingerprint density at radius 3 is 2.00 bits per heavy atom. The molecule has 0 aliphatic heterocycles. The van der Waals surface area contributed by atoms with Gasteiger partial charge in [0.1, 0.15) is 0 Å². The van der Waals surface area contributed by atoms with Crippen LogP contribution in [0.4, 0.5) is 0 Å². The molecule has 55 valence electrons. The zero-order valence-corrected chi connectivity index (χ0v) is 9.34. The zero-order valence-electron chi connectivity index (χ0n) is 6.17. The van der Waals surface area contributed by atoms with Crippen molar-refractivity contribution in [1.82, 2.24) is 0 Å². The Balaban J connectivity index is 3.80. The molecule has 0 aliphatic carbocycles. The molecule has 0 spiro atoms. The highest BCUT2D eigenvalue weighted by Crippen LogP contribution is 2.38. The number of rotatable bonds is 3. The number of halogens is 2. The lowest BCUT2D eigenvalue weighted by Gasteiger charge is -2.24. The van der Waals surface area contributed by atoms with Crippen LogP contribution in [0.15, 0.2) is 0 Å². The first kappa shape index (κ1) is 9.96. The fraction of sp³-hybridized carbons (Fsp3) is 0.857. The van der Waals surface area contributed by atoms with Gasteiger partial charge in [-0.05, 0) is 19.8 Å². The maximum absolute atomic E-state index is 3.62. The average molecular weight is 257 g/mol. The summed E-state index contributed by atoms with van der Waals surface area (Å²) in [4.78, 5) is 1.34. The highest BCUT2D eigenvalue weighted by atomic mass is 79.9. The summed E-state index contributed by atoms with van der Waals surface area (Å²) in [5.74, 6) is 0. The molecular weight excluding hydrogens is 244 g/mol. The van der Waals surface area contributed by atoms with Crippen LogP contribution in [-0.2, 0) is 0 Å². The Kier molecular flexibility index (Phi) is 4.39. The van der Waals surface area contributed by atoms with Crippen LogP contribution in [0, 0.1) is 4.83 Å². The molecule has 2 heteroatoms. The Labute approximate surface area is 74.7 Å². The summed E-state index contributed by atoms with van der Waals surface area (Å²) < 4.78 is 0.196. The minimum atomic E-state index is 0.196. The second kappa shape index (κ2) is 3.97. The summed E-state index contributed by atoms with van der Waals surface area (Å²) >= 11 is 7.15. The summed E-state index contributed by atoms with van der Waals surface area (Å²) in [7, 11) is 0.